The molecule has 1 aliphatic rings. The number of carbonyl (C=O) groups is 2. The van der Waals surface area contributed by atoms with Gasteiger partial charge in [-0.25, -0.2) is 9.59 Å². The Morgan fingerprint density at radius 1 is 1.22 bits per heavy atom. The summed E-state index contributed by atoms with van der Waals surface area (Å²) in [6.45, 7) is 5.50. The van der Waals surface area contributed by atoms with E-state index in [0.717, 1.165) is 12.0 Å². The number of hydrogen-bond donors (Lipinski definition) is 0. The molecule has 5 heteroatoms. The van der Waals surface area contributed by atoms with Crippen molar-refractivity contribution in [3.63, 3.8) is 0 Å². The first-order chi connectivity index (χ1) is 10.8. The van der Waals surface area contributed by atoms with E-state index in [2.05, 4.69) is 4.74 Å². The maximum atomic E-state index is 12.3. The molecular formula is C18H23NO4. The van der Waals surface area contributed by atoms with Gasteiger partial charge in [0.2, 0.25) is 0 Å². The molecule has 5 nitrogen and oxygen atoms in total. The second kappa shape index (κ2) is 6.86. The highest BCUT2D eigenvalue weighted by atomic mass is 16.6. The molecule has 0 saturated carbocycles. The molecule has 1 fully saturated rings. The minimum atomic E-state index is -0.548. The molecule has 0 N–H and O–H groups in total. The molecule has 1 aromatic rings. The number of nitrogens with zero attached hydrogens (tertiary/aromatic N) is 1. The fraction of sp³-hybridized carbons (Fsp3) is 0.444. The van der Waals surface area contributed by atoms with Crippen molar-refractivity contribution in [1.82, 2.24) is 4.90 Å². The molecule has 2 atom stereocenters. The van der Waals surface area contributed by atoms with Gasteiger partial charge in [0, 0.05) is 6.08 Å². The van der Waals surface area contributed by atoms with Crippen LogP contribution in [-0.2, 0) is 20.7 Å². The van der Waals surface area contributed by atoms with Crippen molar-refractivity contribution in [2.24, 2.45) is 0 Å². The Bertz CT molecular complexity index is 589. The Kier molecular flexibility index (Phi) is 5.08. The molecule has 124 valence electrons. The molecule has 1 amide bonds. The molecule has 23 heavy (non-hydrogen) atoms. The van der Waals surface area contributed by atoms with Gasteiger partial charge in [-0.3, -0.25) is 4.90 Å². The maximum Gasteiger partial charge on any atom is 0.411 e. The van der Waals surface area contributed by atoms with Crippen molar-refractivity contribution in [2.75, 3.05) is 7.11 Å². The monoisotopic (exact) mass is 317 g/mol. The van der Waals surface area contributed by atoms with Gasteiger partial charge in [0.05, 0.1) is 19.2 Å². The molecule has 1 heterocycles. The lowest BCUT2D eigenvalue weighted by Gasteiger charge is -2.20. The van der Waals surface area contributed by atoms with Crippen LogP contribution in [-0.4, -0.2) is 41.8 Å². The van der Waals surface area contributed by atoms with Crippen LogP contribution < -0.4 is 0 Å². The normalized spacial score (nSPS) is 20.4. The third kappa shape index (κ3) is 4.84. The minimum absolute atomic E-state index is 0.00634. The van der Waals surface area contributed by atoms with Crippen LogP contribution in [0.3, 0.4) is 0 Å². The maximum absolute atomic E-state index is 12.3. The van der Waals surface area contributed by atoms with E-state index < -0.39 is 11.6 Å². The summed E-state index contributed by atoms with van der Waals surface area (Å²) >= 11 is 0. The van der Waals surface area contributed by atoms with Gasteiger partial charge in [-0.2, -0.15) is 0 Å². The zero-order valence-corrected chi connectivity index (χ0v) is 14.0. The quantitative estimate of drug-likeness (QED) is 0.487. The number of ether oxygens (including phenoxy) is 2. The zero-order valence-electron chi connectivity index (χ0n) is 14.0. The summed E-state index contributed by atoms with van der Waals surface area (Å²) in [6.07, 6.45) is 3.41. The van der Waals surface area contributed by atoms with Gasteiger partial charge in [-0.05, 0) is 32.8 Å². The van der Waals surface area contributed by atoms with Crippen LogP contribution in [0.1, 0.15) is 26.3 Å². The second-order valence-electron chi connectivity index (χ2n) is 6.52. The Morgan fingerprint density at radius 2 is 1.87 bits per heavy atom. The molecule has 0 spiro atoms. The van der Waals surface area contributed by atoms with Crippen molar-refractivity contribution in [2.45, 2.75) is 44.9 Å². The van der Waals surface area contributed by atoms with E-state index in [1.807, 2.05) is 51.1 Å². The number of rotatable bonds is 4. The molecule has 0 unspecified atom stereocenters. The highest BCUT2D eigenvalue weighted by Gasteiger charge is 2.50. The van der Waals surface area contributed by atoms with E-state index >= 15 is 0 Å². The Morgan fingerprint density at radius 3 is 2.43 bits per heavy atom. The molecule has 1 aliphatic heterocycles. The van der Waals surface area contributed by atoms with Gasteiger partial charge < -0.3 is 9.47 Å². The molecule has 0 aliphatic carbocycles. The van der Waals surface area contributed by atoms with Crippen LogP contribution in [0.25, 0.3) is 0 Å². The van der Waals surface area contributed by atoms with E-state index in [1.54, 1.807) is 11.0 Å². The molecular weight excluding hydrogens is 294 g/mol. The number of hydrogen-bond acceptors (Lipinski definition) is 4. The summed E-state index contributed by atoms with van der Waals surface area (Å²) in [4.78, 5) is 25.2. The summed E-state index contributed by atoms with van der Waals surface area (Å²) in [6, 6.07) is 9.77. The highest BCUT2D eigenvalue weighted by molar-refractivity contribution is 5.82. The van der Waals surface area contributed by atoms with Crippen LogP contribution in [0.15, 0.2) is 42.5 Å². The summed E-state index contributed by atoms with van der Waals surface area (Å²) in [5.41, 5.74) is 0.591. The standard InChI is InChI=1S/C18H23NO4/c1-18(2,3)23-17(21)19-14(10-11-16(20)22-4)15(19)12-13-8-6-5-7-9-13/h5-11,14-15H,12H2,1-4H3/b11-10+/t14-,15+,19?/m1/s1. The summed E-state index contributed by atoms with van der Waals surface area (Å²) in [5, 5.41) is 0. The number of esters is 1. The van der Waals surface area contributed by atoms with Crippen LogP contribution in [0, 0.1) is 0 Å². The Balaban J connectivity index is 2.08. The van der Waals surface area contributed by atoms with Crippen molar-refractivity contribution < 1.29 is 19.1 Å². The third-order valence-electron chi connectivity index (χ3n) is 3.51. The zero-order chi connectivity index (χ0) is 17.0. The van der Waals surface area contributed by atoms with E-state index in [9.17, 15) is 9.59 Å². The van der Waals surface area contributed by atoms with Crippen molar-refractivity contribution >= 4 is 12.1 Å². The largest absolute Gasteiger partial charge is 0.466 e. The first kappa shape index (κ1) is 17.1. The van der Waals surface area contributed by atoms with Crippen LogP contribution >= 0.6 is 0 Å². The van der Waals surface area contributed by atoms with Gasteiger partial charge in [-0.1, -0.05) is 36.4 Å². The number of carbonyl (C=O) groups excluding carboxylic acids is 2. The summed E-state index contributed by atoms with van der Waals surface area (Å²) < 4.78 is 10.0. The number of benzene rings is 1. The van der Waals surface area contributed by atoms with Gasteiger partial charge in [0.25, 0.3) is 0 Å². The predicted molar refractivity (Wildman–Crippen MR) is 87.0 cm³/mol. The topological polar surface area (TPSA) is 55.6 Å². The average Bonchev–Trinajstić information content (AvgIpc) is 3.16. The SMILES string of the molecule is COC(=O)/C=C/[C@@H]1[C@H](Cc2ccccc2)N1C(=O)OC(C)(C)C. The highest BCUT2D eigenvalue weighted by Crippen LogP contribution is 2.34. The lowest BCUT2D eigenvalue weighted by Crippen LogP contribution is -2.28. The van der Waals surface area contributed by atoms with Crippen LogP contribution in [0.2, 0.25) is 0 Å². The molecule has 1 aromatic carbocycles. The Hall–Kier alpha value is -2.30. The first-order valence-electron chi connectivity index (χ1n) is 7.63. The minimum Gasteiger partial charge on any atom is -0.466 e. The van der Waals surface area contributed by atoms with Crippen LogP contribution in [0.5, 0.6) is 0 Å². The average molecular weight is 317 g/mol. The van der Waals surface area contributed by atoms with Crippen LogP contribution in [0.4, 0.5) is 4.79 Å². The third-order valence-corrected chi connectivity index (χ3v) is 3.51. The number of methoxy groups -OCH3 is 1. The number of amides is 1. The lowest BCUT2D eigenvalue weighted by molar-refractivity contribution is -0.134. The summed E-state index contributed by atoms with van der Waals surface area (Å²) in [5.74, 6) is -0.431. The van der Waals surface area contributed by atoms with Crippen molar-refractivity contribution in [1.29, 1.82) is 0 Å². The fourth-order valence-corrected chi connectivity index (χ4v) is 2.41. The van der Waals surface area contributed by atoms with Gasteiger partial charge in [0.15, 0.2) is 0 Å². The molecule has 2 rings (SSSR count). The molecule has 1 saturated heterocycles. The predicted octanol–water partition coefficient (Wildman–Crippen LogP) is 2.95. The van der Waals surface area contributed by atoms with E-state index in [-0.39, 0.29) is 18.2 Å². The van der Waals surface area contributed by atoms with E-state index in [4.69, 9.17) is 4.74 Å². The van der Waals surface area contributed by atoms with Crippen molar-refractivity contribution in [3.8, 4) is 0 Å². The Labute approximate surface area is 136 Å². The second-order valence-corrected chi connectivity index (χ2v) is 6.52. The fourth-order valence-electron chi connectivity index (χ4n) is 2.41. The molecule has 0 aromatic heterocycles. The smallest absolute Gasteiger partial charge is 0.411 e. The lowest BCUT2D eigenvalue weighted by atomic mass is 10.1. The summed E-state index contributed by atoms with van der Waals surface area (Å²) in [7, 11) is 1.33. The van der Waals surface area contributed by atoms with Gasteiger partial charge >= 0.3 is 12.1 Å². The van der Waals surface area contributed by atoms with E-state index in [0.29, 0.717) is 0 Å². The first-order valence-corrected chi connectivity index (χ1v) is 7.63. The molecule has 0 bridgehead atoms. The van der Waals surface area contributed by atoms with Gasteiger partial charge in [0.1, 0.15) is 5.60 Å². The van der Waals surface area contributed by atoms with Crippen molar-refractivity contribution in [3.05, 3.63) is 48.0 Å². The van der Waals surface area contributed by atoms with E-state index in [1.165, 1.54) is 13.2 Å². The van der Waals surface area contributed by atoms with Gasteiger partial charge in [-0.15, -0.1) is 0 Å². The molecule has 0 radical (unpaired) electrons.